The van der Waals surface area contributed by atoms with Crippen molar-refractivity contribution in [3.05, 3.63) is 48.5 Å². The summed E-state index contributed by atoms with van der Waals surface area (Å²) in [6.45, 7) is 7.36. The second-order valence-electron chi connectivity index (χ2n) is 7.23. The minimum Gasteiger partial charge on any atom is -0.444 e. The molecule has 0 spiro atoms. The van der Waals surface area contributed by atoms with Gasteiger partial charge in [-0.25, -0.2) is 9.78 Å². The number of ether oxygens (including phenoxy) is 1. The number of para-hydroxylation sites is 1. The number of hydrogen-bond donors (Lipinski definition) is 3. The quantitative estimate of drug-likeness (QED) is 0.386. The van der Waals surface area contributed by atoms with Crippen molar-refractivity contribution in [2.24, 2.45) is 4.99 Å². The Morgan fingerprint density at radius 3 is 2.61 bits per heavy atom. The predicted octanol–water partition coefficient (Wildman–Crippen LogP) is 2.45. The molecule has 2 rings (SSSR count). The molecule has 0 aliphatic heterocycles. The molecule has 1 amide bonds. The monoisotopic (exact) mass is 386 g/mol. The zero-order valence-electron chi connectivity index (χ0n) is 17.0. The van der Waals surface area contributed by atoms with Gasteiger partial charge in [-0.2, -0.15) is 0 Å². The van der Waals surface area contributed by atoms with Crippen LogP contribution < -0.4 is 16.0 Å². The van der Waals surface area contributed by atoms with E-state index in [9.17, 15) is 4.79 Å². The summed E-state index contributed by atoms with van der Waals surface area (Å²) in [6.07, 6.45) is 5.82. The van der Waals surface area contributed by atoms with Gasteiger partial charge in [0, 0.05) is 39.1 Å². The van der Waals surface area contributed by atoms with Gasteiger partial charge in [-0.05, 0) is 38.8 Å². The fourth-order valence-electron chi connectivity index (χ4n) is 2.51. The van der Waals surface area contributed by atoms with Gasteiger partial charge in [-0.1, -0.05) is 18.2 Å². The molecule has 0 radical (unpaired) electrons. The first-order valence-corrected chi connectivity index (χ1v) is 9.36. The average molecular weight is 387 g/mol. The highest BCUT2D eigenvalue weighted by Gasteiger charge is 2.15. The fraction of sp³-hybridized carbons (Fsp3) is 0.450. The maximum atomic E-state index is 11.6. The van der Waals surface area contributed by atoms with E-state index in [0.717, 1.165) is 17.7 Å². The summed E-state index contributed by atoms with van der Waals surface area (Å²) >= 11 is 0. The van der Waals surface area contributed by atoms with Gasteiger partial charge in [0.1, 0.15) is 5.60 Å². The van der Waals surface area contributed by atoms with E-state index in [4.69, 9.17) is 4.74 Å². The number of alkyl carbamates (subject to hydrolysis) is 1. The number of rotatable bonds is 7. The number of carbonyl (C=O) groups is 1. The Balaban J connectivity index is 1.74. The third kappa shape index (κ3) is 7.30. The van der Waals surface area contributed by atoms with Crippen molar-refractivity contribution in [2.75, 3.05) is 20.1 Å². The fourth-order valence-corrected chi connectivity index (χ4v) is 2.51. The Bertz CT molecular complexity index is 765. The summed E-state index contributed by atoms with van der Waals surface area (Å²) < 4.78 is 7.18. The molecule has 0 saturated heterocycles. The molecule has 8 heteroatoms. The van der Waals surface area contributed by atoms with Crippen LogP contribution in [-0.2, 0) is 11.3 Å². The van der Waals surface area contributed by atoms with Crippen molar-refractivity contribution in [1.82, 2.24) is 25.5 Å². The highest BCUT2D eigenvalue weighted by Crippen LogP contribution is 2.13. The first kappa shape index (κ1) is 21.3. The Hall–Kier alpha value is -3.03. The molecule has 0 fully saturated rings. The second-order valence-corrected chi connectivity index (χ2v) is 7.23. The van der Waals surface area contributed by atoms with Gasteiger partial charge >= 0.3 is 6.09 Å². The van der Waals surface area contributed by atoms with Crippen LogP contribution >= 0.6 is 0 Å². The molecular formula is C20H30N6O2. The van der Waals surface area contributed by atoms with Gasteiger partial charge in [0.2, 0.25) is 0 Å². The molecule has 0 saturated carbocycles. The topological polar surface area (TPSA) is 92.6 Å². The van der Waals surface area contributed by atoms with Gasteiger partial charge in [0.05, 0.1) is 12.0 Å². The number of nitrogens with zero attached hydrogens (tertiary/aromatic N) is 3. The van der Waals surface area contributed by atoms with Crippen LogP contribution in [0.15, 0.2) is 48.0 Å². The van der Waals surface area contributed by atoms with Crippen molar-refractivity contribution in [2.45, 2.75) is 39.3 Å². The average Bonchev–Trinajstić information content (AvgIpc) is 3.17. The summed E-state index contributed by atoms with van der Waals surface area (Å²) in [7, 11) is 1.73. The molecule has 8 nitrogen and oxygen atoms in total. The maximum absolute atomic E-state index is 11.6. The molecule has 1 aromatic carbocycles. The van der Waals surface area contributed by atoms with Crippen molar-refractivity contribution in [1.29, 1.82) is 0 Å². The molecule has 2 aromatic rings. The standard InChI is InChI=1S/C20H30N6O2/c1-20(2,3)28-19(27)24-11-7-10-23-18(21-4)25-14-16-8-5-6-9-17(16)26-13-12-22-15-26/h5-6,8-9,12-13,15H,7,10-11,14H2,1-4H3,(H,24,27)(H2,21,23,25). The molecule has 0 aliphatic rings. The lowest BCUT2D eigenvalue weighted by molar-refractivity contribution is 0.0527. The Morgan fingerprint density at radius 1 is 1.18 bits per heavy atom. The lowest BCUT2D eigenvalue weighted by Crippen LogP contribution is -2.39. The molecule has 0 unspecified atom stereocenters. The molecule has 1 heterocycles. The molecule has 0 aliphatic carbocycles. The first-order valence-electron chi connectivity index (χ1n) is 9.36. The van der Waals surface area contributed by atoms with Crippen LogP contribution in [0.3, 0.4) is 0 Å². The smallest absolute Gasteiger partial charge is 0.407 e. The number of carbonyl (C=O) groups excluding carboxylic acids is 1. The third-order valence-electron chi connectivity index (χ3n) is 3.76. The van der Waals surface area contributed by atoms with Crippen LogP contribution in [0.25, 0.3) is 5.69 Å². The van der Waals surface area contributed by atoms with Crippen molar-refractivity contribution in [3.8, 4) is 5.69 Å². The zero-order valence-corrected chi connectivity index (χ0v) is 17.0. The Morgan fingerprint density at radius 2 is 1.93 bits per heavy atom. The van der Waals surface area contributed by atoms with Crippen molar-refractivity contribution in [3.63, 3.8) is 0 Å². The molecule has 3 N–H and O–H groups in total. The normalized spacial score (nSPS) is 11.8. The van der Waals surface area contributed by atoms with Crippen LogP contribution in [0.5, 0.6) is 0 Å². The summed E-state index contributed by atoms with van der Waals surface area (Å²) in [5, 5.41) is 9.30. The molecule has 1 aromatic heterocycles. The summed E-state index contributed by atoms with van der Waals surface area (Å²) in [4.78, 5) is 20.0. The Kier molecular flexibility index (Phi) is 7.86. The maximum Gasteiger partial charge on any atom is 0.407 e. The van der Waals surface area contributed by atoms with Gasteiger partial charge in [0.25, 0.3) is 0 Å². The highest BCUT2D eigenvalue weighted by atomic mass is 16.6. The second kappa shape index (κ2) is 10.3. The number of hydrogen-bond acceptors (Lipinski definition) is 4. The van der Waals surface area contributed by atoms with E-state index in [-0.39, 0.29) is 0 Å². The highest BCUT2D eigenvalue weighted by molar-refractivity contribution is 5.79. The van der Waals surface area contributed by atoms with E-state index in [1.54, 1.807) is 19.6 Å². The number of nitrogens with one attached hydrogen (secondary N) is 3. The van der Waals surface area contributed by atoms with Gasteiger partial charge in [-0.15, -0.1) is 0 Å². The predicted molar refractivity (Wildman–Crippen MR) is 111 cm³/mol. The SMILES string of the molecule is CN=C(NCCCNC(=O)OC(C)(C)C)NCc1ccccc1-n1ccnc1. The number of benzene rings is 1. The number of imidazole rings is 1. The number of amides is 1. The van der Waals surface area contributed by atoms with Gasteiger partial charge in [-0.3, -0.25) is 4.99 Å². The minimum absolute atomic E-state index is 0.397. The number of guanidine groups is 1. The lowest BCUT2D eigenvalue weighted by atomic mass is 10.1. The van der Waals surface area contributed by atoms with Crippen LogP contribution in [-0.4, -0.2) is 47.3 Å². The van der Waals surface area contributed by atoms with Crippen molar-refractivity contribution >= 4 is 12.1 Å². The van der Waals surface area contributed by atoms with Crippen LogP contribution in [0.1, 0.15) is 32.8 Å². The molecular weight excluding hydrogens is 356 g/mol. The van der Waals surface area contributed by atoms with E-state index >= 15 is 0 Å². The summed E-state index contributed by atoms with van der Waals surface area (Å²) in [5.41, 5.74) is 1.72. The van der Waals surface area contributed by atoms with Crippen LogP contribution in [0.2, 0.25) is 0 Å². The van der Waals surface area contributed by atoms with Gasteiger partial charge in [0.15, 0.2) is 5.96 Å². The summed E-state index contributed by atoms with van der Waals surface area (Å²) in [6, 6.07) is 8.14. The summed E-state index contributed by atoms with van der Waals surface area (Å²) in [5.74, 6) is 0.706. The van der Waals surface area contributed by atoms with E-state index in [0.29, 0.717) is 25.6 Å². The molecule has 0 atom stereocenters. The van der Waals surface area contributed by atoms with E-state index in [1.807, 2.05) is 43.7 Å². The number of aromatic nitrogens is 2. The largest absolute Gasteiger partial charge is 0.444 e. The zero-order chi connectivity index (χ0) is 20.4. The van der Waals surface area contributed by atoms with E-state index < -0.39 is 11.7 Å². The molecule has 0 bridgehead atoms. The van der Waals surface area contributed by atoms with Gasteiger partial charge < -0.3 is 25.3 Å². The third-order valence-corrected chi connectivity index (χ3v) is 3.76. The lowest BCUT2D eigenvalue weighted by Gasteiger charge is -2.19. The first-order chi connectivity index (χ1) is 13.4. The molecule has 28 heavy (non-hydrogen) atoms. The van der Waals surface area contributed by atoms with Crippen molar-refractivity contribution < 1.29 is 9.53 Å². The number of aliphatic imine (C=N–C) groups is 1. The van der Waals surface area contributed by atoms with E-state index in [1.165, 1.54) is 0 Å². The Labute approximate surface area is 166 Å². The van der Waals surface area contributed by atoms with Crippen LogP contribution in [0, 0.1) is 0 Å². The van der Waals surface area contributed by atoms with E-state index in [2.05, 4.69) is 38.1 Å². The minimum atomic E-state index is -0.485. The van der Waals surface area contributed by atoms with Crippen LogP contribution in [0.4, 0.5) is 4.79 Å². The molecule has 152 valence electrons.